The molecule has 1 unspecified atom stereocenters. The van der Waals surface area contributed by atoms with Crippen molar-refractivity contribution in [2.45, 2.75) is 38.2 Å². The molecule has 2 rings (SSSR count). The minimum Gasteiger partial charge on any atom is -0.395 e. The monoisotopic (exact) mass is 270 g/mol. The number of carbonyl (C=O) groups is 1. The Morgan fingerprint density at radius 1 is 1.21 bits per heavy atom. The van der Waals surface area contributed by atoms with Crippen molar-refractivity contribution in [3.63, 3.8) is 0 Å². The van der Waals surface area contributed by atoms with Crippen LogP contribution < -0.4 is 0 Å². The highest BCUT2D eigenvalue weighted by Crippen LogP contribution is 2.17. The highest BCUT2D eigenvalue weighted by Gasteiger charge is 2.21. The predicted octanol–water partition coefficient (Wildman–Crippen LogP) is 0.472. The molecule has 0 aliphatic carbocycles. The third-order valence-electron chi connectivity index (χ3n) is 4.06. The lowest BCUT2D eigenvalue weighted by Gasteiger charge is -2.22. The Bertz CT molecular complexity index is 280. The normalized spacial score (nSPS) is 25.5. The summed E-state index contributed by atoms with van der Waals surface area (Å²) in [6.07, 6.45) is 5.05. The number of aliphatic hydroxyl groups is 1. The number of amides is 1. The van der Waals surface area contributed by atoms with Crippen LogP contribution in [0.3, 0.4) is 0 Å². The van der Waals surface area contributed by atoms with E-state index < -0.39 is 0 Å². The fraction of sp³-hybridized carbons (Fsp3) is 0.929. The lowest BCUT2D eigenvalue weighted by atomic mass is 10.1. The summed E-state index contributed by atoms with van der Waals surface area (Å²) in [7, 11) is 0. The van der Waals surface area contributed by atoms with E-state index in [4.69, 9.17) is 9.84 Å². The minimum atomic E-state index is 0.201. The number of hydrogen-bond donors (Lipinski definition) is 1. The predicted molar refractivity (Wildman–Crippen MR) is 72.9 cm³/mol. The van der Waals surface area contributed by atoms with E-state index in [0.29, 0.717) is 12.5 Å². The molecule has 0 bridgehead atoms. The van der Waals surface area contributed by atoms with Crippen LogP contribution in [0.25, 0.3) is 0 Å². The highest BCUT2D eigenvalue weighted by atomic mass is 16.5. The van der Waals surface area contributed by atoms with Gasteiger partial charge in [-0.2, -0.15) is 0 Å². The van der Waals surface area contributed by atoms with Gasteiger partial charge in [0.05, 0.1) is 12.7 Å². The molecule has 110 valence electrons. The van der Waals surface area contributed by atoms with E-state index in [1.807, 2.05) is 4.90 Å². The summed E-state index contributed by atoms with van der Waals surface area (Å²) in [6.45, 7) is 5.29. The molecule has 2 aliphatic rings. The first-order chi connectivity index (χ1) is 9.29. The molecule has 0 aromatic heterocycles. The van der Waals surface area contributed by atoms with Crippen LogP contribution in [0.1, 0.15) is 32.1 Å². The summed E-state index contributed by atoms with van der Waals surface area (Å²) < 4.78 is 5.56. The van der Waals surface area contributed by atoms with Crippen molar-refractivity contribution in [3.8, 4) is 0 Å². The summed E-state index contributed by atoms with van der Waals surface area (Å²) in [6, 6.07) is 0. The van der Waals surface area contributed by atoms with E-state index >= 15 is 0 Å². The van der Waals surface area contributed by atoms with Crippen molar-refractivity contribution < 1.29 is 14.6 Å². The van der Waals surface area contributed by atoms with Crippen LogP contribution in [0.4, 0.5) is 0 Å². The third kappa shape index (κ3) is 4.75. The molecule has 2 aliphatic heterocycles. The molecule has 0 spiro atoms. The average Bonchev–Trinajstić information content (AvgIpc) is 2.82. The molecule has 2 heterocycles. The first kappa shape index (κ1) is 14.8. The first-order valence-electron chi connectivity index (χ1n) is 7.52. The molecule has 0 aromatic rings. The van der Waals surface area contributed by atoms with Gasteiger partial charge in [-0.15, -0.1) is 0 Å². The Kier molecular flexibility index (Phi) is 6.07. The largest absolute Gasteiger partial charge is 0.395 e. The third-order valence-corrected chi connectivity index (χ3v) is 4.06. The molecular weight excluding hydrogens is 244 g/mol. The zero-order chi connectivity index (χ0) is 13.5. The molecular formula is C14H26N2O3. The van der Waals surface area contributed by atoms with Crippen LogP contribution in [0.2, 0.25) is 0 Å². The average molecular weight is 270 g/mol. The van der Waals surface area contributed by atoms with Gasteiger partial charge in [-0.3, -0.25) is 9.69 Å². The van der Waals surface area contributed by atoms with E-state index in [-0.39, 0.29) is 12.5 Å². The van der Waals surface area contributed by atoms with Crippen molar-refractivity contribution in [2.24, 2.45) is 0 Å². The van der Waals surface area contributed by atoms with Gasteiger partial charge in [-0.25, -0.2) is 0 Å². The summed E-state index contributed by atoms with van der Waals surface area (Å²) in [4.78, 5) is 16.4. The van der Waals surface area contributed by atoms with Gasteiger partial charge in [0.2, 0.25) is 5.91 Å². The molecule has 0 radical (unpaired) electrons. The van der Waals surface area contributed by atoms with E-state index in [9.17, 15) is 4.79 Å². The van der Waals surface area contributed by atoms with Crippen LogP contribution in [0.5, 0.6) is 0 Å². The standard InChI is InChI=1S/C14H26N2O3/c17-11-10-15-6-2-7-16(9-8-15)14(18)5-4-13-3-1-12-19-13/h13,17H,1-12H2. The second-order valence-corrected chi connectivity index (χ2v) is 5.47. The molecule has 2 fully saturated rings. The molecule has 1 amide bonds. The quantitative estimate of drug-likeness (QED) is 0.789. The number of aliphatic hydroxyl groups excluding tert-OH is 1. The van der Waals surface area contributed by atoms with Gasteiger partial charge in [0, 0.05) is 39.2 Å². The molecule has 5 nitrogen and oxygen atoms in total. The van der Waals surface area contributed by atoms with Crippen molar-refractivity contribution in [3.05, 3.63) is 0 Å². The Morgan fingerprint density at radius 3 is 2.84 bits per heavy atom. The summed E-state index contributed by atoms with van der Waals surface area (Å²) in [5.41, 5.74) is 0. The Balaban J connectivity index is 1.69. The maximum Gasteiger partial charge on any atom is 0.222 e. The first-order valence-corrected chi connectivity index (χ1v) is 7.52. The number of rotatable bonds is 5. The van der Waals surface area contributed by atoms with E-state index in [2.05, 4.69) is 4.90 Å². The van der Waals surface area contributed by atoms with Gasteiger partial charge in [0.1, 0.15) is 0 Å². The van der Waals surface area contributed by atoms with Gasteiger partial charge in [-0.1, -0.05) is 0 Å². The second kappa shape index (κ2) is 7.82. The van der Waals surface area contributed by atoms with E-state index in [1.165, 1.54) is 0 Å². The molecule has 0 aromatic carbocycles. The van der Waals surface area contributed by atoms with Crippen LogP contribution in [0, 0.1) is 0 Å². The smallest absolute Gasteiger partial charge is 0.222 e. The SMILES string of the molecule is O=C(CCC1CCCO1)N1CCCN(CCO)CC1. The minimum absolute atomic E-state index is 0.201. The van der Waals surface area contributed by atoms with Crippen molar-refractivity contribution in [2.75, 3.05) is 45.9 Å². The van der Waals surface area contributed by atoms with Gasteiger partial charge < -0.3 is 14.7 Å². The summed E-state index contributed by atoms with van der Waals surface area (Å²) in [5, 5.41) is 8.95. The highest BCUT2D eigenvalue weighted by molar-refractivity contribution is 5.76. The Morgan fingerprint density at radius 2 is 2.11 bits per heavy atom. The Hall–Kier alpha value is -0.650. The molecule has 19 heavy (non-hydrogen) atoms. The zero-order valence-corrected chi connectivity index (χ0v) is 11.7. The van der Waals surface area contributed by atoms with Crippen LogP contribution in [-0.4, -0.2) is 72.9 Å². The fourth-order valence-corrected chi connectivity index (χ4v) is 2.90. The number of β-amino-alcohol motifs (C(OH)–C–C–N with tert-alkyl or cyclic N) is 1. The number of ether oxygens (including phenoxy) is 1. The van der Waals surface area contributed by atoms with Crippen molar-refractivity contribution >= 4 is 5.91 Å². The van der Waals surface area contributed by atoms with E-state index in [1.54, 1.807) is 0 Å². The Labute approximate surface area is 115 Å². The summed E-state index contributed by atoms with van der Waals surface area (Å²) in [5.74, 6) is 0.265. The van der Waals surface area contributed by atoms with Gasteiger partial charge >= 0.3 is 0 Å². The lowest BCUT2D eigenvalue weighted by molar-refractivity contribution is -0.131. The molecule has 1 N–H and O–H groups in total. The van der Waals surface area contributed by atoms with Gasteiger partial charge in [0.15, 0.2) is 0 Å². The molecule has 1 atom stereocenters. The fourth-order valence-electron chi connectivity index (χ4n) is 2.90. The van der Waals surface area contributed by atoms with Crippen molar-refractivity contribution in [1.82, 2.24) is 9.80 Å². The van der Waals surface area contributed by atoms with Crippen LogP contribution in [0.15, 0.2) is 0 Å². The maximum absolute atomic E-state index is 12.2. The molecule has 2 saturated heterocycles. The lowest BCUT2D eigenvalue weighted by Crippen LogP contribution is -2.36. The van der Waals surface area contributed by atoms with Gasteiger partial charge in [-0.05, 0) is 32.2 Å². The number of hydrogen-bond acceptors (Lipinski definition) is 4. The molecule has 0 saturated carbocycles. The van der Waals surface area contributed by atoms with Gasteiger partial charge in [0.25, 0.3) is 0 Å². The van der Waals surface area contributed by atoms with Crippen LogP contribution in [-0.2, 0) is 9.53 Å². The topological polar surface area (TPSA) is 53.0 Å². The number of nitrogens with zero attached hydrogens (tertiary/aromatic N) is 2. The zero-order valence-electron chi connectivity index (χ0n) is 11.7. The maximum atomic E-state index is 12.2. The van der Waals surface area contributed by atoms with Crippen LogP contribution >= 0.6 is 0 Å². The number of carbonyl (C=O) groups excluding carboxylic acids is 1. The van der Waals surface area contributed by atoms with Crippen molar-refractivity contribution in [1.29, 1.82) is 0 Å². The van der Waals surface area contributed by atoms with E-state index in [0.717, 1.165) is 65.0 Å². The second-order valence-electron chi connectivity index (χ2n) is 5.47. The summed E-state index contributed by atoms with van der Waals surface area (Å²) >= 11 is 0. The molecule has 5 heteroatoms.